The molecule has 1 saturated heterocycles. The fourth-order valence-corrected chi connectivity index (χ4v) is 3.45. The average Bonchev–Trinajstić information content (AvgIpc) is 2.72. The summed E-state index contributed by atoms with van der Waals surface area (Å²) >= 11 is 0. The van der Waals surface area contributed by atoms with E-state index in [1.54, 1.807) is 13.4 Å². The number of ether oxygens (including phenoxy) is 1. The lowest BCUT2D eigenvalue weighted by atomic mass is 9.96. The molecule has 2 heterocycles. The molecule has 4 N–H and O–H groups in total. The van der Waals surface area contributed by atoms with E-state index in [1.807, 2.05) is 29.2 Å². The van der Waals surface area contributed by atoms with Crippen LogP contribution >= 0.6 is 0 Å². The summed E-state index contributed by atoms with van der Waals surface area (Å²) in [5.74, 6) is 2.20. The lowest BCUT2D eigenvalue weighted by molar-refractivity contribution is -0.127. The zero-order chi connectivity index (χ0) is 19.2. The van der Waals surface area contributed by atoms with Crippen LogP contribution in [-0.4, -0.2) is 50.1 Å². The molecule has 1 atom stereocenters. The normalized spacial score (nSPS) is 20.2. The number of carbonyl (C=O) groups is 1. The Labute approximate surface area is 160 Å². The van der Waals surface area contributed by atoms with E-state index in [1.165, 1.54) is 6.08 Å². The molecule has 0 radical (unpaired) electrons. The summed E-state index contributed by atoms with van der Waals surface area (Å²) in [6.07, 6.45) is 4.53. The standard InChI is InChI=1S/C20H27N5O2/c1-3-17(26)25-10-8-14(9-11-25)12-22-20-18(19(21)23-13-24-20)15-4-6-16(27-2)7-5-15/h3-7,13-14,19,22H,1,8-12,21H2,2H3,(H,23,24). The molecule has 3 rings (SSSR count). The molecule has 0 aliphatic carbocycles. The van der Waals surface area contributed by atoms with E-state index in [2.05, 4.69) is 22.2 Å². The minimum atomic E-state index is -0.422. The van der Waals surface area contributed by atoms with E-state index in [-0.39, 0.29) is 5.91 Å². The van der Waals surface area contributed by atoms with Gasteiger partial charge in [-0.1, -0.05) is 18.7 Å². The smallest absolute Gasteiger partial charge is 0.245 e. The van der Waals surface area contributed by atoms with Gasteiger partial charge in [0.2, 0.25) is 5.91 Å². The van der Waals surface area contributed by atoms with Crippen LogP contribution in [0.3, 0.4) is 0 Å². The molecule has 2 aliphatic heterocycles. The van der Waals surface area contributed by atoms with E-state index >= 15 is 0 Å². The van der Waals surface area contributed by atoms with Gasteiger partial charge in [-0.25, -0.2) is 0 Å². The summed E-state index contributed by atoms with van der Waals surface area (Å²) in [7, 11) is 1.65. The molecule has 1 amide bonds. The van der Waals surface area contributed by atoms with Crippen LogP contribution in [0.2, 0.25) is 0 Å². The Balaban J connectivity index is 1.66. The Morgan fingerprint density at radius 1 is 1.41 bits per heavy atom. The van der Waals surface area contributed by atoms with Crippen LogP contribution in [-0.2, 0) is 4.79 Å². The first kappa shape index (κ1) is 19.0. The molecule has 1 aromatic carbocycles. The number of nitrogens with two attached hydrogens (primary N) is 1. The van der Waals surface area contributed by atoms with Gasteiger partial charge in [0.1, 0.15) is 17.7 Å². The molecule has 0 aromatic heterocycles. The predicted octanol–water partition coefficient (Wildman–Crippen LogP) is 1.29. The molecule has 2 aliphatic rings. The highest BCUT2D eigenvalue weighted by Gasteiger charge is 2.23. The summed E-state index contributed by atoms with van der Waals surface area (Å²) in [6, 6.07) is 7.80. The van der Waals surface area contributed by atoms with Crippen molar-refractivity contribution in [2.45, 2.75) is 19.0 Å². The van der Waals surface area contributed by atoms with Crippen molar-refractivity contribution >= 4 is 17.8 Å². The summed E-state index contributed by atoms with van der Waals surface area (Å²) in [6.45, 7) is 5.92. The van der Waals surface area contributed by atoms with Crippen molar-refractivity contribution in [1.29, 1.82) is 0 Å². The Hall–Kier alpha value is -2.80. The number of piperidine rings is 1. The minimum absolute atomic E-state index is 0.0158. The Kier molecular flexibility index (Phi) is 6.13. The summed E-state index contributed by atoms with van der Waals surface area (Å²) in [5.41, 5.74) is 8.16. The number of benzene rings is 1. The van der Waals surface area contributed by atoms with Gasteiger partial charge >= 0.3 is 0 Å². The van der Waals surface area contributed by atoms with Crippen LogP contribution in [0.25, 0.3) is 5.57 Å². The van der Waals surface area contributed by atoms with Gasteiger partial charge in [0.15, 0.2) is 0 Å². The third-order valence-corrected chi connectivity index (χ3v) is 5.08. The van der Waals surface area contributed by atoms with E-state index in [4.69, 9.17) is 10.5 Å². The number of hydrogen-bond donors (Lipinski definition) is 3. The zero-order valence-corrected chi connectivity index (χ0v) is 15.6. The molecule has 1 fully saturated rings. The molecule has 1 unspecified atom stereocenters. The highest BCUT2D eigenvalue weighted by molar-refractivity contribution is 5.87. The van der Waals surface area contributed by atoms with Crippen molar-refractivity contribution in [3.8, 4) is 5.75 Å². The Bertz CT molecular complexity index is 733. The quantitative estimate of drug-likeness (QED) is 0.658. The first-order chi connectivity index (χ1) is 13.1. The average molecular weight is 369 g/mol. The van der Waals surface area contributed by atoms with Gasteiger partial charge in [-0.05, 0) is 42.5 Å². The van der Waals surface area contributed by atoms with Crippen LogP contribution in [0.1, 0.15) is 18.4 Å². The van der Waals surface area contributed by atoms with Crippen LogP contribution in [0, 0.1) is 5.92 Å². The van der Waals surface area contributed by atoms with Gasteiger partial charge < -0.3 is 26.0 Å². The van der Waals surface area contributed by atoms with Gasteiger partial charge in [-0.15, -0.1) is 0 Å². The monoisotopic (exact) mass is 369 g/mol. The maximum absolute atomic E-state index is 11.7. The van der Waals surface area contributed by atoms with Crippen molar-refractivity contribution in [2.24, 2.45) is 16.6 Å². The predicted molar refractivity (Wildman–Crippen MR) is 107 cm³/mol. The number of hydrogen-bond acceptors (Lipinski definition) is 6. The number of nitrogens with zero attached hydrogens (tertiary/aromatic N) is 2. The van der Waals surface area contributed by atoms with Crippen molar-refractivity contribution in [3.63, 3.8) is 0 Å². The fraction of sp³-hybridized carbons (Fsp3) is 0.400. The summed E-state index contributed by atoms with van der Waals surface area (Å²) < 4.78 is 5.23. The number of carbonyl (C=O) groups excluding carboxylic acids is 1. The van der Waals surface area contributed by atoms with Crippen molar-refractivity contribution < 1.29 is 9.53 Å². The molecule has 0 saturated carbocycles. The fourth-order valence-electron chi connectivity index (χ4n) is 3.45. The molecule has 144 valence electrons. The molecule has 7 heteroatoms. The topological polar surface area (TPSA) is 92.0 Å². The zero-order valence-electron chi connectivity index (χ0n) is 15.6. The Morgan fingerprint density at radius 3 is 2.74 bits per heavy atom. The highest BCUT2D eigenvalue weighted by atomic mass is 16.5. The maximum atomic E-state index is 11.7. The van der Waals surface area contributed by atoms with Crippen LogP contribution in [0.5, 0.6) is 5.75 Å². The van der Waals surface area contributed by atoms with Gasteiger partial charge in [-0.2, -0.15) is 0 Å². The second kappa shape index (κ2) is 8.73. The third kappa shape index (κ3) is 4.49. The Morgan fingerprint density at radius 2 is 2.11 bits per heavy atom. The molecular formula is C20H27N5O2. The molecule has 7 nitrogen and oxygen atoms in total. The van der Waals surface area contributed by atoms with Gasteiger partial charge in [0.25, 0.3) is 0 Å². The van der Waals surface area contributed by atoms with E-state index in [0.717, 1.165) is 55.2 Å². The minimum Gasteiger partial charge on any atom is -0.497 e. The first-order valence-electron chi connectivity index (χ1n) is 9.20. The summed E-state index contributed by atoms with van der Waals surface area (Å²) in [5, 5.41) is 6.69. The van der Waals surface area contributed by atoms with E-state index < -0.39 is 6.17 Å². The summed E-state index contributed by atoms with van der Waals surface area (Å²) in [4.78, 5) is 17.8. The number of aliphatic imine (C=N–C) groups is 1. The number of amides is 1. The number of methoxy groups -OCH3 is 1. The lowest BCUT2D eigenvalue weighted by Crippen LogP contribution is -2.42. The number of likely N-dealkylation sites (tertiary alicyclic amines) is 1. The van der Waals surface area contributed by atoms with E-state index in [9.17, 15) is 4.79 Å². The molecule has 0 bridgehead atoms. The molecule has 27 heavy (non-hydrogen) atoms. The van der Waals surface area contributed by atoms with Crippen LogP contribution in [0.15, 0.2) is 47.7 Å². The molecule has 1 aromatic rings. The van der Waals surface area contributed by atoms with Crippen molar-refractivity contribution in [1.82, 2.24) is 15.5 Å². The number of nitrogens with one attached hydrogen (secondary N) is 2. The van der Waals surface area contributed by atoms with Gasteiger partial charge in [0, 0.05) is 25.2 Å². The van der Waals surface area contributed by atoms with Crippen molar-refractivity contribution in [2.75, 3.05) is 26.7 Å². The van der Waals surface area contributed by atoms with Gasteiger partial charge in [0.05, 0.1) is 13.4 Å². The molecule has 0 spiro atoms. The molecular weight excluding hydrogens is 342 g/mol. The second-order valence-corrected chi connectivity index (χ2v) is 6.74. The van der Waals surface area contributed by atoms with E-state index in [0.29, 0.717) is 5.92 Å². The van der Waals surface area contributed by atoms with Crippen molar-refractivity contribution in [3.05, 3.63) is 48.3 Å². The lowest BCUT2D eigenvalue weighted by Gasteiger charge is -2.32. The van der Waals surface area contributed by atoms with Crippen LogP contribution < -0.4 is 21.1 Å². The SMILES string of the molecule is C=CC(=O)N1CCC(CNC2=C(c3ccc(OC)cc3)C(N)N=CN2)CC1. The maximum Gasteiger partial charge on any atom is 0.245 e. The van der Waals surface area contributed by atoms with Crippen LogP contribution in [0.4, 0.5) is 0 Å². The largest absolute Gasteiger partial charge is 0.497 e. The number of rotatable bonds is 6. The third-order valence-electron chi connectivity index (χ3n) is 5.08. The highest BCUT2D eigenvalue weighted by Crippen LogP contribution is 2.25. The first-order valence-corrected chi connectivity index (χ1v) is 9.20. The second-order valence-electron chi connectivity index (χ2n) is 6.74. The van der Waals surface area contributed by atoms with Gasteiger partial charge in [-0.3, -0.25) is 9.79 Å².